The number of nitro groups is 1. The molecule has 3 amide bonds. The third kappa shape index (κ3) is 6.22. The van der Waals surface area contributed by atoms with Crippen LogP contribution in [0.15, 0.2) is 42.5 Å². The van der Waals surface area contributed by atoms with Crippen LogP contribution in [0.25, 0.3) is 0 Å². The van der Waals surface area contributed by atoms with E-state index in [1.807, 2.05) is 0 Å². The summed E-state index contributed by atoms with van der Waals surface area (Å²) in [5.41, 5.74) is 0.924. The molecular formula is C18H19ClN4O5. The number of methoxy groups -OCH3 is 1. The molecule has 0 heterocycles. The van der Waals surface area contributed by atoms with E-state index in [9.17, 15) is 19.7 Å². The second-order valence-electron chi connectivity index (χ2n) is 5.94. The maximum absolute atomic E-state index is 12.0. The molecule has 2 N–H and O–H groups in total. The van der Waals surface area contributed by atoms with E-state index in [1.54, 1.807) is 36.2 Å². The number of nitrogens with zero attached hydrogens (tertiary/aromatic N) is 2. The molecule has 0 aromatic heterocycles. The SMILES string of the molecule is COc1ccc(NC(=O)NC(=O)CN(C)Cc2cc([N+](=O)[O-])ccc2Cl)cc1. The number of ether oxygens (including phenoxy) is 1. The van der Waals surface area contributed by atoms with Crippen molar-refractivity contribution in [3.8, 4) is 5.75 Å². The Labute approximate surface area is 166 Å². The zero-order valence-corrected chi connectivity index (χ0v) is 16.0. The normalized spacial score (nSPS) is 10.4. The van der Waals surface area contributed by atoms with E-state index >= 15 is 0 Å². The maximum Gasteiger partial charge on any atom is 0.325 e. The van der Waals surface area contributed by atoms with Crippen LogP contribution in [0.5, 0.6) is 5.75 Å². The highest BCUT2D eigenvalue weighted by Crippen LogP contribution is 2.23. The Kier molecular flexibility index (Phi) is 7.30. The topological polar surface area (TPSA) is 114 Å². The molecule has 0 aliphatic carbocycles. The van der Waals surface area contributed by atoms with Crippen LogP contribution in [0.3, 0.4) is 0 Å². The van der Waals surface area contributed by atoms with Gasteiger partial charge in [0.1, 0.15) is 5.75 Å². The van der Waals surface area contributed by atoms with Gasteiger partial charge in [0.25, 0.3) is 5.69 Å². The van der Waals surface area contributed by atoms with Gasteiger partial charge in [-0.2, -0.15) is 0 Å². The first kappa shape index (κ1) is 21.1. The summed E-state index contributed by atoms with van der Waals surface area (Å²) < 4.78 is 5.03. The van der Waals surface area contributed by atoms with E-state index in [2.05, 4.69) is 10.6 Å². The number of non-ortho nitro benzene ring substituents is 1. The van der Waals surface area contributed by atoms with Crippen molar-refractivity contribution in [2.45, 2.75) is 6.54 Å². The average molecular weight is 407 g/mol. The molecule has 0 aliphatic rings. The van der Waals surface area contributed by atoms with Crippen molar-refractivity contribution in [2.24, 2.45) is 0 Å². The van der Waals surface area contributed by atoms with Crippen molar-refractivity contribution in [3.63, 3.8) is 0 Å². The second kappa shape index (κ2) is 9.67. The van der Waals surface area contributed by atoms with Gasteiger partial charge in [0.15, 0.2) is 0 Å². The van der Waals surface area contributed by atoms with Gasteiger partial charge in [-0.1, -0.05) is 11.6 Å². The van der Waals surface area contributed by atoms with E-state index in [4.69, 9.17) is 16.3 Å². The molecule has 2 aromatic carbocycles. The van der Waals surface area contributed by atoms with Gasteiger partial charge < -0.3 is 10.1 Å². The molecule has 148 valence electrons. The number of nitrogens with one attached hydrogen (secondary N) is 2. The van der Waals surface area contributed by atoms with E-state index in [0.717, 1.165) is 0 Å². The summed E-state index contributed by atoms with van der Waals surface area (Å²) >= 11 is 6.05. The highest BCUT2D eigenvalue weighted by molar-refractivity contribution is 6.31. The zero-order chi connectivity index (χ0) is 20.7. The Balaban J connectivity index is 1.87. The molecule has 28 heavy (non-hydrogen) atoms. The van der Waals surface area contributed by atoms with Crippen LogP contribution in [0.1, 0.15) is 5.56 Å². The van der Waals surface area contributed by atoms with E-state index in [1.165, 1.54) is 25.3 Å². The number of carbonyl (C=O) groups is 2. The molecule has 10 heteroatoms. The van der Waals surface area contributed by atoms with Gasteiger partial charge in [-0.05, 0) is 42.9 Å². The van der Waals surface area contributed by atoms with Crippen LogP contribution < -0.4 is 15.4 Å². The first-order valence-electron chi connectivity index (χ1n) is 8.14. The quantitative estimate of drug-likeness (QED) is 0.539. The molecule has 2 rings (SSSR count). The summed E-state index contributed by atoms with van der Waals surface area (Å²) in [6, 6.07) is 10.1. The van der Waals surface area contributed by atoms with Crippen molar-refractivity contribution >= 4 is 34.9 Å². The number of hydrogen-bond acceptors (Lipinski definition) is 6. The first-order chi connectivity index (χ1) is 13.3. The number of nitro benzene ring substituents is 1. The molecule has 0 radical (unpaired) electrons. The van der Waals surface area contributed by atoms with Crippen molar-refractivity contribution in [1.82, 2.24) is 10.2 Å². The summed E-state index contributed by atoms with van der Waals surface area (Å²) in [5, 5.41) is 16.0. The Morgan fingerprint density at radius 2 is 1.89 bits per heavy atom. The summed E-state index contributed by atoms with van der Waals surface area (Å²) in [6.45, 7) is 0.100. The number of benzene rings is 2. The molecule has 0 spiro atoms. The summed E-state index contributed by atoms with van der Waals surface area (Å²) in [5.74, 6) is 0.110. The number of rotatable bonds is 7. The third-order valence-corrected chi connectivity index (χ3v) is 4.06. The second-order valence-corrected chi connectivity index (χ2v) is 6.34. The number of urea groups is 1. The molecule has 0 bridgehead atoms. The fourth-order valence-electron chi connectivity index (χ4n) is 2.39. The Morgan fingerprint density at radius 3 is 2.50 bits per heavy atom. The lowest BCUT2D eigenvalue weighted by molar-refractivity contribution is -0.384. The number of imide groups is 1. The monoisotopic (exact) mass is 406 g/mol. The lowest BCUT2D eigenvalue weighted by atomic mass is 10.2. The molecule has 0 fully saturated rings. The van der Waals surface area contributed by atoms with Gasteiger partial charge in [0, 0.05) is 29.4 Å². The Hall–Kier alpha value is -3.17. The standard InChI is InChI=1S/C18H19ClN4O5/c1-22(10-12-9-14(23(26)27)5-8-16(12)19)11-17(24)21-18(25)20-13-3-6-15(28-2)7-4-13/h3-9H,10-11H2,1-2H3,(H2,20,21,24,25). The summed E-state index contributed by atoms with van der Waals surface area (Å²) in [6.07, 6.45) is 0. The molecule has 0 saturated carbocycles. The van der Waals surface area contributed by atoms with Crippen LogP contribution >= 0.6 is 11.6 Å². The fraction of sp³-hybridized carbons (Fsp3) is 0.222. The van der Waals surface area contributed by atoms with Crippen LogP contribution in [0.2, 0.25) is 5.02 Å². The molecule has 0 saturated heterocycles. The minimum atomic E-state index is -0.669. The predicted molar refractivity (Wildman–Crippen MR) is 105 cm³/mol. The van der Waals surface area contributed by atoms with Gasteiger partial charge in [-0.3, -0.25) is 25.1 Å². The molecule has 0 unspecified atom stereocenters. The highest BCUT2D eigenvalue weighted by Gasteiger charge is 2.15. The largest absolute Gasteiger partial charge is 0.497 e. The summed E-state index contributed by atoms with van der Waals surface area (Å²) in [7, 11) is 3.17. The van der Waals surface area contributed by atoms with Crippen LogP contribution in [-0.2, 0) is 11.3 Å². The number of hydrogen-bond donors (Lipinski definition) is 2. The van der Waals surface area contributed by atoms with Crippen LogP contribution in [0.4, 0.5) is 16.2 Å². The summed E-state index contributed by atoms with van der Waals surface area (Å²) in [4.78, 5) is 35.9. The molecule has 0 atom stereocenters. The smallest absolute Gasteiger partial charge is 0.325 e. The van der Waals surface area contributed by atoms with Gasteiger partial charge in [-0.25, -0.2) is 4.79 Å². The number of likely N-dealkylation sites (N-methyl/N-ethyl adjacent to an activating group) is 1. The highest BCUT2D eigenvalue weighted by atomic mass is 35.5. The third-order valence-electron chi connectivity index (χ3n) is 3.69. The lowest BCUT2D eigenvalue weighted by Crippen LogP contribution is -2.40. The van der Waals surface area contributed by atoms with Gasteiger partial charge in [0.05, 0.1) is 18.6 Å². The number of carbonyl (C=O) groups excluding carboxylic acids is 2. The molecule has 2 aromatic rings. The molecule has 9 nitrogen and oxygen atoms in total. The first-order valence-corrected chi connectivity index (χ1v) is 8.52. The van der Waals surface area contributed by atoms with E-state index < -0.39 is 16.9 Å². The van der Waals surface area contributed by atoms with Crippen LogP contribution in [-0.4, -0.2) is 42.5 Å². The number of halogens is 1. The lowest BCUT2D eigenvalue weighted by Gasteiger charge is -2.17. The number of amides is 3. The van der Waals surface area contributed by atoms with Crippen LogP contribution in [0, 0.1) is 10.1 Å². The maximum atomic E-state index is 12.0. The van der Waals surface area contributed by atoms with E-state index in [0.29, 0.717) is 22.0 Å². The number of anilines is 1. The van der Waals surface area contributed by atoms with Crippen molar-refractivity contribution in [2.75, 3.05) is 26.0 Å². The minimum Gasteiger partial charge on any atom is -0.497 e. The van der Waals surface area contributed by atoms with Crippen molar-refractivity contribution < 1.29 is 19.2 Å². The Bertz CT molecular complexity index is 873. The molecule has 0 aliphatic heterocycles. The average Bonchev–Trinajstić information content (AvgIpc) is 2.63. The van der Waals surface area contributed by atoms with Gasteiger partial charge >= 0.3 is 6.03 Å². The molecular weight excluding hydrogens is 388 g/mol. The van der Waals surface area contributed by atoms with Crippen molar-refractivity contribution in [3.05, 3.63) is 63.2 Å². The minimum absolute atomic E-state index is 0.0869. The zero-order valence-electron chi connectivity index (χ0n) is 15.3. The van der Waals surface area contributed by atoms with Gasteiger partial charge in [-0.15, -0.1) is 0 Å². The fourth-order valence-corrected chi connectivity index (χ4v) is 2.57. The van der Waals surface area contributed by atoms with E-state index in [-0.39, 0.29) is 18.8 Å². The van der Waals surface area contributed by atoms with Crippen molar-refractivity contribution in [1.29, 1.82) is 0 Å². The van der Waals surface area contributed by atoms with Gasteiger partial charge in [0.2, 0.25) is 5.91 Å². The Morgan fingerprint density at radius 1 is 1.21 bits per heavy atom. The predicted octanol–water partition coefficient (Wildman–Crippen LogP) is 3.04.